The van der Waals surface area contributed by atoms with Gasteiger partial charge in [0.1, 0.15) is 0 Å². The van der Waals surface area contributed by atoms with Gasteiger partial charge >= 0.3 is 0 Å². The molecule has 1 aromatic heterocycles. The molecule has 0 bridgehead atoms. The van der Waals surface area contributed by atoms with Gasteiger partial charge in [-0.05, 0) is 27.2 Å². The summed E-state index contributed by atoms with van der Waals surface area (Å²) in [6.45, 7) is 10.3. The summed E-state index contributed by atoms with van der Waals surface area (Å²) in [5, 5.41) is 7.79. The Balaban J connectivity index is 2.78. The van der Waals surface area contributed by atoms with Gasteiger partial charge in [-0.15, -0.1) is 0 Å². The number of hydrogen-bond acceptors (Lipinski definition) is 3. The van der Waals surface area contributed by atoms with E-state index < -0.39 is 0 Å². The van der Waals surface area contributed by atoms with Crippen LogP contribution in [0, 0.1) is 0 Å². The van der Waals surface area contributed by atoms with Crippen molar-refractivity contribution in [3.05, 3.63) is 11.9 Å². The highest BCUT2D eigenvalue weighted by Crippen LogP contribution is 2.18. The van der Waals surface area contributed by atoms with Crippen LogP contribution in [0.25, 0.3) is 0 Å². The SMILES string of the molecule is CCCn1ncc(OC)c1CNC(C)(C)C. The molecule has 0 spiro atoms. The average molecular weight is 225 g/mol. The van der Waals surface area contributed by atoms with Crippen molar-refractivity contribution in [2.45, 2.75) is 52.7 Å². The summed E-state index contributed by atoms with van der Waals surface area (Å²) in [5.41, 5.74) is 1.23. The van der Waals surface area contributed by atoms with Crippen LogP contribution in [0.15, 0.2) is 6.20 Å². The third kappa shape index (κ3) is 3.52. The van der Waals surface area contributed by atoms with Crippen LogP contribution >= 0.6 is 0 Å². The quantitative estimate of drug-likeness (QED) is 0.835. The molecule has 4 heteroatoms. The number of aromatic nitrogens is 2. The standard InChI is InChI=1S/C12H23N3O/c1-6-7-15-10(8-13-12(2,3)4)11(16-5)9-14-15/h9,13H,6-8H2,1-5H3. The van der Waals surface area contributed by atoms with E-state index in [1.54, 1.807) is 13.3 Å². The zero-order valence-corrected chi connectivity index (χ0v) is 11.0. The Morgan fingerprint density at radius 1 is 1.44 bits per heavy atom. The van der Waals surface area contributed by atoms with E-state index in [2.05, 4.69) is 38.1 Å². The summed E-state index contributed by atoms with van der Waals surface area (Å²) in [6.07, 6.45) is 2.86. The summed E-state index contributed by atoms with van der Waals surface area (Å²) in [4.78, 5) is 0. The number of hydrogen-bond donors (Lipinski definition) is 1. The maximum absolute atomic E-state index is 5.31. The van der Waals surface area contributed by atoms with Crippen molar-refractivity contribution in [1.82, 2.24) is 15.1 Å². The molecular weight excluding hydrogens is 202 g/mol. The van der Waals surface area contributed by atoms with Crippen LogP contribution in [-0.2, 0) is 13.1 Å². The zero-order valence-electron chi connectivity index (χ0n) is 11.0. The highest BCUT2D eigenvalue weighted by atomic mass is 16.5. The van der Waals surface area contributed by atoms with Crippen LogP contribution < -0.4 is 10.1 Å². The van der Waals surface area contributed by atoms with Crippen LogP contribution in [0.3, 0.4) is 0 Å². The van der Waals surface area contributed by atoms with Crippen molar-refractivity contribution in [2.24, 2.45) is 0 Å². The van der Waals surface area contributed by atoms with Crippen molar-refractivity contribution in [3.8, 4) is 5.75 Å². The van der Waals surface area contributed by atoms with E-state index in [0.717, 1.165) is 31.0 Å². The smallest absolute Gasteiger partial charge is 0.161 e. The Hall–Kier alpha value is -1.03. The summed E-state index contributed by atoms with van der Waals surface area (Å²) in [7, 11) is 1.69. The molecule has 1 heterocycles. The molecule has 0 unspecified atom stereocenters. The van der Waals surface area contributed by atoms with Crippen LogP contribution in [0.2, 0.25) is 0 Å². The number of rotatable bonds is 5. The molecule has 16 heavy (non-hydrogen) atoms. The molecule has 0 aliphatic carbocycles. The molecule has 0 aromatic carbocycles. The molecule has 0 aliphatic heterocycles. The molecule has 0 fully saturated rings. The minimum atomic E-state index is 0.103. The molecule has 1 rings (SSSR count). The lowest BCUT2D eigenvalue weighted by Gasteiger charge is -2.21. The van der Waals surface area contributed by atoms with E-state index in [9.17, 15) is 0 Å². The summed E-state index contributed by atoms with van der Waals surface area (Å²) in [6, 6.07) is 0. The zero-order chi connectivity index (χ0) is 12.2. The van der Waals surface area contributed by atoms with Crippen LogP contribution in [0.5, 0.6) is 5.75 Å². The van der Waals surface area contributed by atoms with E-state index in [-0.39, 0.29) is 5.54 Å². The number of methoxy groups -OCH3 is 1. The van der Waals surface area contributed by atoms with Crippen molar-refractivity contribution in [3.63, 3.8) is 0 Å². The van der Waals surface area contributed by atoms with E-state index in [0.29, 0.717) is 0 Å². The number of aryl methyl sites for hydroxylation is 1. The molecule has 0 saturated carbocycles. The Morgan fingerprint density at radius 3 is 2.62 bits per heavy atom. The Labute approximate surface area is 98.0 Å². The van der Waals surface area contributed by atoms with Gasteiger partial charge in [-0.1, -0.05) is 6.92 Å². The lowest BCUT2D eigenvalue weighted by atomic mass is 10.1. The lowest BCUT2D eigenvalue weighted by Crippen LogP contribution is -2.35. The fourth-order valence-corrected chi connectivity index (χ4v) is 1.50. The third-order valence-electron chi connectivity index (χ3n) is 2.35. The molecule has 0 saturated heterocycles. The molecule has 0 amide bonds. The molecule has 0 atom stereocenters. The van der Waals surface area contributed by atoms with Gasteiger partial charge in [0.2, 0.25) is 0 Å². The minimum absolute atomic E-state index is 0.103. The molecule has 4 nitrogen and oxygen atoms in total. The first kappa shape index (κ1) is 13.0. The molecule has 1 aromatic rings. The summed E-state index contributed by atoms with van der Waals surface area (Å²) < 4.78 is 7.33. The fraction of sp³-hybridized carbons (Fsp3) is 0.750. The predicted octanol–water partition coefficient (Wildman–Crippen LogP) is 2.19. The van der Waals surface area contributed by atoms with Gasteiger partial charge in [-0.2, -0.15) is 5.10 Å². The van der Waals surface area contributed by atoms with E-state index in [4.69, 9.17) is 4.74 Å². The molecular formula is C12H23N3O. The monoisotopic (exact) mass is 225 g/mol. The molecule has 0 aliphatic rings. The van der Waals surface area contributed by atoms with Gasteiger partial charge in [0.05, 0.1) is 19.0 Å². The fourth-order valence-electron chi connectivity index (χ4n) is 1.50. The first-order valence-corrected chi connectivity index (χ1v) is 5.81. The lowest BCUT2D eigenvalue weighted by molar-refractivity contribution is 0.382. The first-order chi connectivity index (χ1) is 7.48. The molecule has 92 valence electrons. The van der Waals surface area contributed by atoms with Crippen molar-refractivity contribution < 1.29 is 4.74 Å². The predicted molar refractivity (Wildman–Crippen MR) is 65.7 cm³/mol. The van der Waals surface area contributed by atoms with Crippen LogP contribution in [0.1, 0.15) is 39.8 Å². The van der Waals surface area contributed by atoms with E-state index in [1.165, 1.54) is 0 Å². The molecule has 0 radical (unpaired) electrons. The van der Waals surface area contributed by atoms with Crippen LogP contribution in [-0.4, -0.2) is 22.4 Å². The second kappa shape index (κ2) is 5.34. The number of nitrogens with zero attached hydrogens (tertiary/aromatic N) is 2. The van der Waals surface area contributed by atoms with Crippen molar-refractivity contribution in [1.29, 1.82) is 0 Å². The van der Waals surface area contributed by atoms with Gasteiger partial charge in [-0.25, -0.2) is 0 Å². The Kier molecular flexibility index (Phi) is 4.35. The third-order valence-corrected chi connectivity index (χ3v) is 2.35. The minimum Gasteiger partial charge on any atom is -0.493 e. The van der Waals surface area contributed by atoms with Gasteiger partial charge in [-0.3, -0.25) is 4.68 Å². The van der Waals surface area contributed by atoms with Gasteiger partial charge in [0.15, 0.2) is 5.75 Å². The van der Waals surface area contributed by atoms with Crippen molar-refractivity contribution in [2.75, 3.05) is 7.11 Å². The average Bonchev–Trinajstić information content (AvgIpc) is 2.57. The van der Waals surface area contributed by atoms with Gasteiger partial charge in [0.25, 0.3) is 0 Å². The Morgan fingerprint density at radius 2 is 2.12 bits per heavy atom. The molecule has 1 N–H and O–H groups in total. The normalized spacial score (nSPS) is 11.8. The Bertz CT molecular complexity index is 325. The maximum atomic E-state index is 5.31. The summed E-state index contributed by atoms with van der Waals surface area (Å²) in [5.74, 6) is 0.866. The van der Waals surface area contributed by atoms with Gasteiger partial charge < -0.3 is 10.1 Å². The second-order valence-electron chi connectivity index (χ2n) is 4.99. The van der Waals surface area contributed by atoms with Crippen molar-refractivity contribution >= 4 is 0 Å². The van der Waals surface area contributed by atoms with E-state index >= 15 is 0 Å². The number of nitrogens with one attached hydrogen (secondary N) is 1. The highest BCUT2D eigenvalue weighted by Gasteiger charge is 2.14. The van der Waals surface area contributed by atoms with Crippen LogP contribution in [0.4, 0.5) is 0 Å². The topological polar surface area (TPSA) is 39.1 Å². The largest absolute Gasteiger partial charge is 0.493 e. The maximum Gasteiger partial charge on any atom is 0.161 e. The first-order valence-electron chi connectivity index (χ1n) is 5.81. The van der Waals surface area contributed by atoms with Gasteiger partial charge in [0, 0.05) is 18.6 Å². The van der Waals surface area contributed by atoms with E-state index in [1.807, 2.05) is 4.68 Å². The highest BCUT2D eigenvalue weighted by molar-refractivity contribution is 5.25. The second-order valence-corrected chi connectivity index (χ2v) is 4.99. The number of ether oxygens (including phenoxy) is 1. The summed E-state index contributed by atoms with van der Waals surface area (Å²) >= 11 is 0.